The maximum atomic E-state index is 11.0. The van der Waals surface area contributed by atoms with Crippen LogP contribution in [0.1, 0.15) is 24.2 Å². The molecule has 1 aromatic rings. The Balaban J connectivity index is 2.74. The predicted octanol–water partition coefficient (Wildman–Crippen LogP) is 0.697. The summed E-state index contributed by atoms with van der Waals surface area (Å²) < 4.78 is 0. The SMILES string of the molecule is Cc1cc(C)nc(N[C@@H](CCCN)C(=O)O)n1. The molecule has 0 saturated heterocycles. The third-order valence-corrected chi connectivity index (χ3v) is 2.28. The molecule has 1 atom stereocenters. The zero-order valence-corrected chi connectivity index (χ0v) is 10.1. The summed E-state index contributed by atoms with van der Waals surface area (Å²) >= 11 is 0. The third kappa shape index (κ3) is 4.36. The fourth-order valence-corrected chi connectivity index (χ4v) is 1.53. The molecule has 0 aliphatic carbocycles. The molecule has 0 saturated carbocycles. The first-order chi connectivity index (χ1) is 8.02. The third-order valence-electron chi connectivity index (χ3n) is 2.28. The second-order valence-electron chi connectivity index (χ2n) is 3.94. The predicted molar refractivity (Wildman–Crippen MR) is 64.8 cm³/mol. The monoisotopic (exact) mass is 238 g/mol. The van der Waals surface area contributed by atoms with Crippen LogP contribution in [0.25, 0.3) is 0 Å². The smallest absolute Gasteiger partial charge is 0.326 e. The number of hydrogen-bond donors (Lipinski definition) is 3. The van der Waals surface area contributed by atoms with Crippen molar-refractivity contribution in [1.82, 2.24) is 9.97 Å². The lowest BCUT2D eigenvalue weighted by Crippen LogP contribution is -2.30. The molecule has 0 fully saturated rings. The van der Waals surface area contributed by atoms with Crippen molar-refractivity contribution >= 4 is 11.9 Å². The van der Waals surface area contributed by atoms with E-state index < -0.39 is 12.0 Å². The Bertz CT molecular complexity index is 375. The van der Waals surface area contributed by atoms with E-state index >= 15 is 0 Å². The van der Waals surface area contributed by atoms with E-state index in [1.807, 2.05) is 19.9 Å². The van der Waals surface area contributed by atoms with Gasteiger partial charge in [0.1, 0.15) is 6.04 Å². The zero-order chi connectivity index (χ0) is 12.8. The number of carboxylic acid groups (broad SMARTS) is 1. The maximum absolute atomic E-state index is 11.0. The van der Waals surface area contributed by atoms with E-state index in [1.54, 1.807) is 0 Å². The summed E-state index contributed by atoms with van der Waals surface area (Å²) in [5, 5.41) is 11.9. The summed E-state index contributed by atoms with van der Waals surface area (Å²) in [6.07, 6.45) is 1.11. The Morgan fingerprint density at radius 1 is 1.47 bits per heavy atom. The van der Waals surface area contributed by atoms with Crippen molar-refractivity contribution in [2.75, 3.05) is 11.9 Å². The molecule has 0 spiro atoms. The fourth-order valence-electron chi connectivity index (χ4n) is 1.53. The highest BCUT2D eigenvalue weighted by atomic mass is 16.4. The molecule has 17 heavy (non-hydrogen) atoms. The zero-order valence-electron chi connectivity index (χ0n) is 10.1. The standard InChI is InChI=1S/C11H18N4O2/c1-7-6-8(2)14-11(13-7)15-9(10(16)17)4-3-5-12/h6,9H,3-5,12H2,1-2H3,(H,16,17)(H,13,14,15)/t9-/m0/s1. The van der Waals surface area contributed by atoms with Crippen LogP contribution in [0.5, 0.6) is 0 Å². The molecule has 1 heterocycles. The van der Waals surface area contributed by atoms with Crippen molar-refractivity contribution < 1.29 is 9.90 Å². The number of hydrogen-bond acceptors (Lipinski definition) is 5. The molecule has 0 aliphatic rings. The van der Waals surface area contributed by atoms with Gasteiger partial charge in [0, 0.05) is 11.4 Å². The molecular weight excluding hydrogens is 220 g/mol. The molecule has 1 aromatic heterocycles. The molecule has 0 radical (unpaired) electrons. The molecule has 6 nitrogen and oxygen atoms in total. The number of carbonyl (C=O) groups is 1. The van der Waals surface area contributed by atoms with Crippen LogP contribution in [-0.2, 0) is 4.79 Å². The largest absolute Gasteiger partial charge is 0.480 e. The van der Waals surface area contributed by atoms with E-state index in [9.17, 15) is 4.79 Å². The molecule has 0 unspecified atom stereocenters. The number of aryl methyl sites for hydroxylation is 2. The molecule has 4 N–H and O–H groups in total. The average Bonchev–Trinajstić information content (AvgIpc) is 2.22. The van der Waals surface area contributed by atoms with Gasteiger partial charge in [0.2, 0.25) is 5.95 Å². The van der Waals surface area contributed by atoms with E-state index in [-0.39, 0.29) is 0 Å². The number of rotatable bonds is 6. The van der Waals surface area contributed by atoms with E-state index in [1.165, 1.54) is 0 Å². The van der Waals surface area contributed by atoms with Crippen LogP contribution in [0.4, 0.5) is 5.95 Å². The second-order valence-corrected chi connectivity index (χ2v) is 3.94. The average molecular weight is 238 g/mol. The van der Waals surface area contributed by atoms with Crippen LogP contribution in [0.3, 0.4) is 0 Å². The van der Waals surface area contributed by atoms with Gasteiger partial charge in [0.15, 0.2) is 0 Å². The fraction of sp³-hybridized carbons (Fsp3) is 0.545. The topological polar surface area (TPSA) is 101 Å². The molecule has 0 amide bonds. The van der Waals surface area contributed by atoms with Crippen LogP contribution in [0, 0.1) is 13.8 Å². The quantitative estimate of drug-likeness (QED) is 0.674. The van der Waals surface area contributed by atoms with E-state index in [0.29, 0.717) is 25.3 Å². The lowest BCUT2D eigenvalue weighted by Gasteiger charge is -2.14. The Labute approximate surface area is 100 Å². The van der Waals surface area contributed by atoms with Crippen LogP contribution in [-0.4, -0.2) is 33.6 Å². The minimum atomic E-state index is -0.916. The van der Waals surface area contributed by atoms with Gasteiger partial charge in [-0.1, -0.05) is 0 Å². The number of anilines is 1. The van der Waals surface area contributed by atoms with Gasteiger partial charge in [-0.3, -0.25) is 0 Å². The highest BCUT2D eigenvalue weighted by Crippen LogP contribution is 2.08. The summed E-state index contributed by atoms with van der Waals surface area (Å²) in [4.78, 5) is 19.3. The van der Waals surface area contributed by atoms with Crippen LogP contribution < -0.4 is 11.1 Å². The Hall–Kier alpha value is -1.69. The number of nitrogens with one attached hydrogen (secondary N) is 1. The van der Waals surface area contributed by atoms with Gasteiger partial charge in [-0.05, 0) is 39.3 Å². The van der Waals surface area contributed by atoms with Crippen LogP contribution in [0.15, 0.2) is 6.07 Å². The Kier molecular flexibility index (Phi) is 4.84. The molecule has 6 heteroatoms. The Morgan fingerprint density at radius 3 is 2.53 bits per heavy atom. The normalized spacial score (nSPS) is 12.2. The first-order valence-corrected chi connectivity index (χ1v) is 5.54. The van der Waals surface area contributed by atoms with Crippen molar-refractivity contribution in [3.63, 3.8) is 0 Å². The van der Waals surface area contributed by atoms with Crippen molar-refractivity contribution in [3.05, 3.63) is 17.5 Å². The number of aliphatic carboxylic acids is 1. The molecule has 0 aliphatic heterocycles. The lowest BCUT2D eigenvalue weighted by atomic mass is 10.1. The number of nitrogens with two attached hydrogens (primary N) is 1. The minimum absolute atomic E-state index is 0.354. The van der Waals surface area contributed by atoms with Crippen LogP contribution >= 0.6 is 0 Å². The van der Waals surface area contributed by atoms with Crippen molar-refractivity contribution in [2.45, 2.75) is 32.7 Å². The van der Waals surface area contributed by atoms with E-state index in [2.05, 4.69) is 15.3 Å². The first kappa shape index (κ1) is 13.4. The van der Waals surface area contributed by atoms with Gasteiger partial charge in [-0.2, -0.15) is 0 Å². The van der Waals surface area contributed by atoms with Gasteiger partial charge in [0.25, 0.3) is 0 Å². The van der Waals surface area contributed by atoms with Crippen molar-refractivity contribution in [2.24, 2.45) is 5.73 Å². The lowest BCUT2D eigenvalue weighted by molar-refractivity contribution is -0.138. The maximum Gasteiger partial charge on any atom is 0.326 e. The van der Waals surface area contributed by atoms with Crippen molar-refractivity contribution in [1.29, 1.82) is 0 Å². The van der Waals surface area contributed by atoms with Gasteiger partial charge in [0.05, 0.1) is 0 Å². The van der Waals surface area contributed by atoms with Gasteiger partial charge in [-0.25, -0.2) is 14.8 Å². The van der Waals surface area contributed by atoms with Crippen LogP contribution in [0.2, 0.25) is 0 Å². The van der Waals surface area contributed by atoms with Gasteiger partial charge < -0.3 is 16.2 Å². The Morgan fingerprint density at radius 2 is 2.06 bits per heavy atom. The summed E-state index contributed by atoms with van der Waals surface area (Å²) in [7, 11) is 0. The number of nitrogens with zero attached hydrogens (tertiary/aromatic N) is 2. The van der Waals surface area contributed by atoms with Gasteiger partial charge >= 0.3 is 5.97 Å². The summed E-state index contributed by atoms with van der Waals surface area (Å²) in [5.74, 6) is -0.562. The van der Waals surface area contributed by atoms with E-state index in [0.717, 1.165) is 11.4 Å². The summed E-state index contributed by atoms with van der Waals surface area (Å²) in [5.41, 5.74) is 6.98. The molecule has 0 bridgehead atoms. The molecule has 94 valence electrons. The number of carboxylic acids is 1. The summed E-state index contributed by atoms with van der Waals surface area (Å²) in [6, 6.07) is 1.14. The van der Waals surface area contributed by atoms with E-state index in [4.69, 9.17) is 10.8 Å². The summed E-state index contributed by atoms with van der Waals surface area (Å²) in [6.45, 7) is 4.16. The molecule has 1 rings (SSSR count). The number of aromatic nitrogens is 2. The molecular formula is C11H18N4O2. The highest BCUT2D eigenvalue weighted by Gasteiger charge is 2.17. The van der Waals surface area contributed by atoms with Crippen molar-refractivity contribution in [3.8, 4) is 0 Å². The first-order valence-electron chi connectivity index (χ1n) is 5.54. The van der Waals surface area contributed by atoms with Gasteiger partial charge in [-0.15, -0.1) is 0 Å². The molecule has 0 aromatic carbocycles. The minimum Gasteiger partial charge on any atom is -0.480 e. The highest BCUT2D eigenvalue weighted by molar-refractivity contribution is 5.76. The second kappa shape index (κ2) is 6.15.